The molecule has 0 saturated heterocycles. The molecule has 2 amide bonds. The number of nitrogens with one attached hydrogen (secondary N) is 2. The number of benzene rings is 1. The maximum absolute atomic E-state index is 13.6. The number of rotatable bonds is 6. The average Bonchev–Trinajstić information content (AvgIpc) is 3.24. The summed E-state index contributed by atoms with van der Waals surface area (Å²) in [6.45, 7) is 2.01. The predicted octanol–water partition coefficient (Wildman–Crippen LogP) is 3.30. The number of hydrogen-bond acceptors (Lipinski definition) is 2. The summed E-state index contributed by atoms with van der Waals surface area (Å²) in [5, 5.41) is 5.27. The van der Waals surface area contributed by atoms with Crippen molar-refractivity contribution in [1.82, 2.24) is 0 Å². The molecule has 5 heteroatoms. The second-order valence-electron chi connectivity index (χ2n) is 5.11. The maximum atomic E-state index is 13.6. The molecule has 1 fully saturated rings. The number of unbranched alkanes of at least 4 members (excludes halogenated alkanes) is 1. The fourth-order valence-electron chi connectivity index (χ4n) is 1.84. The molecular weight excluding hydrogens is 259 g/mol. The fraction of sp³-hybridized carbons (Fsp3) is 0.467. The lowest BCUT2D eigenvalue weighted by atomic mass is 10.2. The Morgan fingerprint density at radius 1 is 1.30 bits per heavy atom. The first-order valence-corrected chi connectivity index (χ1v) is 7.00. The van der Waals surface area contributed by atoms with E-state index in [1.54, 1.807) is 0 Å². The van der Waals surface area contributed by atoms with Gasteiger partial charge < -0.3 is 10.6 Å². The Bertz CT molecular complexity index is 513. The van der Waals surface area contributed by atoms with Gasteiger partial charge in [-0.3, -0.25) is 9.59 Å². The van der Waals surface area contributed by atoms with Crippen LogP contribution in [0.5, 0.6) is 0 Å². The standard InChI is InChI=1S/C15H19FN2O2/c1-2-3-4-14(19)17-11-7-8-12(16)13(9-11)18-15(20)10-5-6-10/h7-10H,2-6H2,1H3,(H,17,19)(H,18,20). The van der Waals surface area contributed by atoms with E-state index in [-0.39, 0.29) is 23.4 Å². The normalized spacial score (nSPS) is 13.9. The van der Waals surface area contributed by atoms with E-state index in [0.29, 0.717) is 12.1 Å². The Balaban J connectivity index is 1.99. The van der Waals surface area contributed by atoms with Crippen molar-refractivity contribution in [3.63, 3.8) is 0 Å². The van der Waals surface area contributed by atoms with Gasteiger partial charge in [-0.2, -0.15) is 0 Å². The zero-order valence-electron chi connectivity index (χ0n) is 11.5. The second-order valence-corrected chi connectivity index (χ2v) is 5.11. The predicted molar refractivity (Wildman–Crippen MR) is 75.9 cm³/mol. The van der Waals surface area contributed by atoms with E-state index in [0.717, 1.165) is 25.7 Å². The SMILES string of the molecule is CCCCC(=O)Nc1ccc(F)c(NC(=O)C2CC2)c1. The summed E-state index contributed by atoms with van der Waals surface area (Å²) in [7, 11) is 0. The van der Waals surface area contributed by atoms with Crippen LogP contribution >= 0.6 is 0 Å². The number of anilines is 2. The van der Waals surface area contributed by atoms with E-state index in [9.17, 15) is 14.0 Å². The summed E-state index contributed by atoms with van der Waals surface area (Å²) < 4.78 is 13.6. The third kappa shape index (κ3) is 4.05. The Morgan fingerprint density at radius 2 is 2.05 bits per heavy atom. The summed E-state index contributed by atoms with van der Waals surface area (Å²) in [5.74, 6) is -0.737. The minimum Gasteiger partial charge on any atom is -0.326 e. The fourth-order valence-corrected chi connectivity index (χ4v) is 1.84. The molecule has 20 heavy (non-hydrogen) atoms. The van der Waals surface area contributed by atoms with Gasteiger partial charge in [-0.05, 0) is 37.5 Å². The van der Waals surface area contributed by atoms with Gasteiger partial charge in [0.1, 0.15) is 5.82 Å². The number of hydrogen-bond donors (Lipinski definition) is 2. The van der Waals surface area contributed by atoms with Crippen LogP contribution in [0.2, 0.25) is 0 Å². The number of halogens is 1. The van der Waals surface area contributed by atoms with Crippen molar-refractivity contribution in [1.29, 1.82) is 0 Å². The quantitative estimate of drug-likeness (QED) is 0.838. The lowest BCUT2D eigenvalue weighted by Crippen LogP contribution is -2.15. The molecule has 1 aliphatic rings. The van der Waals surface area contributed by atoms with Gasteiger partial charge in [0.25, 0.3) is 0 Å². The molecule has 0 radical (unpaired) electrons. The largest absolute Gasteiger partial charge is 0.326 e. The monoisotopic (exact) mass is 278 g/mol. The van der Waals surface area contributed by atoms with Crippen molar-refractivity contribution >= 4 is 23.2 Å². The maximum Gasteiger partial charge on any atom is 0.227 e. The Labute approximate surface area is 117 Å². The molecule has 0 spiro atoms. The van der Waals surface area contributed by atoms with Crippen molar-refractivity contribution < 1.29 is 14.0 Å². The topological polar surface area (TPSA) is 58.2 Å². The summed E-state index contributed by atoms with van der Waals surface area (Å²) in [6.07, 6.45) is 3.93. The van der Waals surface area contributed by atoms with Crippen molar-refractivity contribution in [3.05, 3.63) is 24.0 Å². The van der Waals surface area contributed by atoms with Crippen LogP contribution in [0.1, 0.15) is 39.0 Å². The molecule has 2 rings (SSSR count). The van der Waals surface area contributed by atoms with E-state index >= 15 is 0 Å². The zero-order chi connectivity index (χ0) is 14.5. The number of carbonyl (C=O) groups is 2. The minimum absolute atomic E-state index is 0.0113. The molecule has 108 valence electrons. The van der Waals surface area contributed by atoms with Crippen LogP contribution in [0.15, 0.2) is 18.2 Å². The van der Waals surface area contributed by atoms with Crippen LogP contribution in [-0.4, -0.2) is 11.8 Å². The average molecular weight is 278 g/mol. The first-order chi connectivity index (χ1) is 9.60. The summed E-state index contributed by atoms with van der Waals surface area (Å²) in [5.41, 5.74) is 0.619. The highest BCUT2D eigenvalue weighted by molar-refractivity contribution is 5.96. The van der Waals surface area contributed by atoms with Crippen LogP contribution < -0.4 is 10.6 Å². The molecule has 1 aliphatic carbocycles. The Hall–Kier alpha value is -1.91. The highest BCUT2D eigenvalue weighted by Gasteiger charge is 2.30. The smallest absolute Gasteiger partial charge is 0.227 e. The van der Waals surface area contributed by atoms with E-state index in [2.05, 4.69) is 10.6 Å². The molecule has 0 unspecified atom stereocenters. The lowest BCUT2D eigenvalue weighted by Gasteiger charge is -2.09. The third-order valence-corrected chi connectivity index (χ3v) is 3.21. The van der Waals surface area contributed by atoms with Gasteiger partial charge in [0, 0.05) is 18.0 Å². The molecule has 1 aromatic carbocycles. The van der Waals surface area contributed by atoms with Crippen LogP contribution in [-0.2, 0) is 9.59 Å². The van der Waals surface area contributed by atoms with Gasteiger partial charge in [-0.1, -0.05) is 13.3 Å². The van der Waals surface area contributed by atoms with Crippen molar-refractivity contribution in [2.45, 2.75) is 39.0 Å². The second kappa shape index (κ2) is 6.50. The Kier molecular flexibility index (Phi) is 4.71. The first-order valence-electron chi connectivity index (χ1n) is 7.00. The summed E-state index contributed by atoms with van der Waals surface area (Å²) in [4.78, 5) is 23.3. The van der Waals surface area contributed by atoms with E-state index in [1.165, 1.54) is 18.2 Å². The van der Waals surface area contributed by atoms with E-state index < -0.39 is 5.82 Å². The molecule has 4 nitrogen and oxygen atoms in total. The van der Waals surface area contributed by atoms with Gasteiger partial charge in [0.2, 0.25) is 11.8 Å². The van der Waals surface area contributed by atoms with Gasteiger partial charge in [-0.15, -0.1) is 0 Å². The van der Waals surface area contributed by atoms with Crippen LogP contribution in [0, 0.1) is 11.7 Å². The molecule has 0 atom stereocenters. The van der Waals surface area contributed by atoms with Gasteiger partial charge in [0.15, 0.2) is 0 Å². The van der Waals surface area contributed by atoms with Crippen molar-refractivity contribution in [2.24, 2.45) is 5.92 Å². The molecule has 1 saturated carbocycles. The van der Waals surface area contributed by atoms with E-state index in [4.69, 9.17) is 0 Å². The first kappa shape index (κ1) is 14.5. The minimum atomic E-state index is -0.495. The van der Waals surface area contributed by atoms with Crippen LogP contribution in [0.4, 0.5) is 15.8 Å². The highest BCUT2D eigenvalue weighted by atomic mass is 19.1. The number of amides is 2. The van der Waals surface area contributed by atoms with Gasteiger partial charge in [0.05, 0.1) is 5.69 Å². The van der Waals surface area contributed by atoms with Crippen LogP contribution in [0.25, 0.3) is 0 Å². The molecule has 0 aliphatic heterocycles. The Morgan fingerprint density at radius 3 is 2.70 bits per heavy atom. The lowest BCUT2D eigenvalue weighted by molar-refractivity contribution is -0.117. The molecule has 1 aromatic rings. The molecular formula is C15H19FN2O2. The van der Waals surface area contributed by atoms with Crippen LogP contribution in [0.3, 0.4) is 0 Å². The molecule has 0 aromatic heterocycles. The zero-order valence-corrected chi connectivity index (χ0v) is 11.5. The van der Waals surface area contributed by atoms with Crippen molar-refractivity contribution in [2.75, 3.05) is 10.6 Å². The summed E-state index contributed by atoms with van der Waals surface area (Å²) in [6, 6.07) is 4.20. The highest BCUT2D eigenvalue weighted by Crippen LogP contribution is 2.31. The molecule has 2 N–H and O–H groups in total. The molecule has 0 heterocycles. The van der Waals surface area contributed by atoms with Gasteiger partial charge in [-0.25, -0.2) is 4.39 Å². The van der Waals surface area contributed by atoms with Gasteiger partial charge >= 0.3 is 0 Å². The van der Waals surface area contributed by atoms with Crippen molar-refractivity contribution in [3.8, 4) is 0 Å². The number of carbonyl (C=O) groups excluding carboxylic acids is 2. The third-order valence-electron chi connectivity index (χ3n) is 3.21. The molecule has 0 bridgehead atoms. The van der Waals surface area contributed by atoms with E-state index in [1.807, 2.05) is 6.92 Å². The summed E-state index contributed by atoms with van der Waals surface area (Å²) >= 11 is 0.